The number of ether oxygens (including phenoxy) is 9. The molecule has 0 bridgehead atoms. The van der Waals surface area contributed by atoms with Crippen LogP contribution in [0.2, 0.25) is 0 Å². The number of nitrogens with zero attached hydrogens (tertiary/aromatic N) is 1. The standard InChI is InChI=1S/C39H45NO14/c1-24(41)48-22-35-33(51-26(3)43)13-15-37(53-35)46-19-17-40(18-20-47-38-16-14-34(52-27(4)44)36(54-38)23-49-25(2)42)39(45)50-21-32-30-11-7-5-9-28(30)29-10-6-8-12-31(29)32/h5-16,32-38H,17-23H2,1-4H3/t33-,34-,35+,36+,37?,38?/m0/s1. The fourth-order valence-corrected chi connectivity index (χ4v) is 6.25. The van der Waals surface area contributed by atoms with Crippen LogP contribution in [0.1, 0.15) is 44.7 Å². The van der Waals surface area contributed by atoms with Gasteiger partial charge in [0, 0.05) is 46.7 Å². The Bertz CT molecular complexity index is 1590. The first kappa shape index (κ1) is 40.1. The summed E-state index contributed by atoms with van der Waals surface area (Å²) in [6.45, 7) is 4.96. The summed E-state index contributed by atoms with van der Waals surface area (Å²) in [7, 11) is 0. The number of rotatable bonds is 16. The highest BCUT2D eigenvalue weighted by atomic mass is 16.7. The van der Waals surface area contributed by atoms with E-state index in [1.807, 2.05) is 36.4 Å². The highest BCUT2D eigenvalue weighted by Gasteiger charge is 2.34. The zero-order chi connectivity index (χ0) is 38.6. The average Bonchev–Trinajstić information content (AvgIpc) is 3.46. The Morgan fingerprint density at radius 1 is 0.574 bits per heavy atom. The molecule has 1 aliphatic carbocycles. The molecule has 0 saturated carbocycles. The Balaban J connectivity index is 1.23. The van der Waals surface area contributed by atoms with Gasteiger partial charge in [-0.1, -0.05) is 48.5 Å². The first-order valence-electron chi connectivity index (χ1n) is 17.6. The largest absolute Gasteiger partial charge is 0.463 e. The topological polar surface area (TPSA) is 172 Å². The van der Waals surface area contributed by atoms with Crippen molar-refractivity contribution in [1.82, 2.24) is 4.90 Å². The van der Waals surface area contributed by atoms with E-state index in [-0.39, 0.29) is 52.0 Å². The third-order valence-corrected chi connectivity index (χ3v) is 8.65. The number of esters is 4. The Morgan fingerprint density at radius 3 is 1.44 bits per heavy atom. The number of fused-ring (bicyclic) bond motifs is 3. The van der Waals surface area contributed by atoms with Gasteiger partial charge in [0.05, 0.1) is 13.2 Å². The smallest absolute Gasteiger partial charge is 0.409 e. The minimum Gasteiger partial charge on any atom is -0.463 e. The molecular weight excluding hydrogens is 706 g/mol. The van der Waals surface area contributed by atoms with Gasteiger partial charge in [-0.05, 0) is 46.6 Å². The molecule has 2 aromatic rings. The Labute approximate surface area is 313 Å². The Kier molecular flexibility index (Phi) is 14.3. The zero-order valence-electron chi connectivity index (χ0n) is 30.6. The molecule has 0 spiro atoms. The van der Waals surface area contributed by atoms with Gasteiger partial charge in [0.25, 0.3) is 0 Å². The van der Waals surface area contributed by atoms with Gasteiger partial charge in [-0.15, -0.1) is 0 Å². The molecule has 0 N–H and O–H groups in total. The van der Waals surface area contributed by atoms with Gasteiger partial charge < -0.3 is 47.5 Å². The molecule has 15 nitrogen and oxygen atoms in total. The van der Waals surface area contributed by atoms with Crippen LogP contribution < -0.4 is 0 Å². The Hall–Kier alpha value is -5.09. The van der Waals surface area contributed by atoms with Crippen molar-refractivity contribution in [3.63, 3.8) is 0 Å². The number of hydrogen-bond donors (Lipinski definition) is 0. The summed E-state index contributed by atoms with van der Waals surface area (Å²) in [4.78, 5) is 61.2. The van der Waals surface area contributed by atoms with Gasteiger partial charge in [0.15, 0.2) is 12.6 Å². The molecular formula is C39H45NO14. The summed E-state index contributed by atoms with van der Waals surface area (Å²) in [6, 6.07) is 16.0. The van der Waals surface area contributed by atoms with Crippen molar-refractivity contribution in [2.24, 2.45) is 0 Å². The lowest BCUT2D eigenvalue weighted by Gasteiger charge is -2.32. The summed E-state index contributed by atoms with van der Waals surface area (Å²) in [5.41, 5.74) is 4.33. The molecule has 54 heavy (non-hydrogen) atoms. The van der Waals surface area contributed by atoms with Crippen LogP contribution in [-0.4, -0.2) is 118 Å². The maximum Gasteiger partial charge on any atom is 0.409 e. The van der Waals surface area contributed by atoms with Crippen molar-refractivity contribution >= 4 is 30.0 Å². The number of carbonyl (C=O) groups excluding carboxylic acids is 5. The van der Waals surface area contributed by atoms with Crippen LogP contribution in [0.25, 0.3) is 11.1 Å². The third kappa shape index (κ3) is 11.2. The van der Waals surface area contributed by atoms with Crippen LogP contribution >= 0.6 is 0 Å². The average molecular weight is 752 g/mol. The molecule has 3 aliphatic rings. The lowest BCUT2D eigenvalue weighted by Crippen LogP contribution is -2.44. The summed E-state index contributed by atoms with van der Waals surface area (Å²) in [6.07, 6.45) is 0.752. The molecule has 0 radical (unpaired) electrons. The lowest BCUT2D eigenvalue weighted by molar-refractivity contribution is -0.199. The van der Waals surface area contributed by atoms with Gasteiger partial charge in [-0.25, -0.2) is 4.79 Å². The van der Waals surface area contributed by atoms with Crippen LogP contribution in [0.3, 0.4) is 0 Å². The number of benzene rings is 2. The molecule has 0 saturated heterocycles. The molecule has 290 valence electrons. The summed E-state index contributed by atoms with van der Waals surface area (Å²) in [5, 5.41) is 0. The molecule has 2 aromatic carbocycles. The van der Waals surface area contributed by atoms with Crippen molar-refractivity contribution in [3.8, 4) is 11.1 Å². The molecule has 15 heteroatoms. The van der Waals surface area contributed by atoms with Crippen LogP contribution in [0.15, 0.2) is 72.8 Å². The SMILES string of the molecule is CC(=O)OC[C@H]1OC(OCCN(CCOC2C=C[C@H](OC(C)=O)[C@@H](COC(C)=O)O2)C(=O)OCC2c3ccccc3-c3ccccc32)C=C[C@@H]1OC(C)=O. The van der Waals surface area contributed by atoms with Crippen LogP contribution in [0.4, 0.5) is 4.79 Å². The van der Waals surface area contributed by atoms with E-state index < -0.39 is 67.0 Å². The first-order chi connectivity index (χ1) is 26.0. The van der Waals surface area contributed by atoms with Crippen molar-refractivity contribution in [2.45, 2.75) is 70.6 Å². The maximum absolute atomic E-state index is 13.7. The maximum atomic E-state index is 13.7. The van der Waals surface area contributed by atoms with Crippen molar-refractivity contribution in [3.05, 3.63) is 84.0 Å². The van der Waals surface area contributed by atoms with Gasteiger partial charge in [-0.3, -0.25) is 19.2 Å². The number of carbonyl (C=O) groups is 5. The van der Waals surface area contributed by atoms with Crippen LogP contribution in [0, 0.1) is 0 Å². The molecule has 5 rings (SSSR count). The van der Waals surface area contributed by atoms with E-state index in [4.69, 9.17) is 42.6 Å². The lowest BCUT2D eigenvalue weighted by atomic mass is 9.98. The van der Waals surface area contributed by atoms with Crippen molar-refractivity contribution in [2.75, 3.05) is 46.1 Å². The van der Waals surface area contributed by atoms with E-state index in [9.17, 15) is 24.0 Å². The molecule has 0 fully saturated rings. The number of hydrogen-bond acceptors (Lipinski definition) is 14. The van der Waals surface area contributed by atoms with Crippen LogP contribution in [0.5, 0.6) is 0 Å². The minimum atomic E-state index is -0.891. The molecule has 6 atom stereocenters. The van der Waals surface area contributed by atoms with E-state index in [1.54, 1.807) is 24.3 Å². The van der Waals surface area contributed by atoms with E-state index in [1.165, 1.54) is 32.6 Å². The van der Waals surface area contributed by atoms with E-state index in [2.05, 4.69) is 12.1 Å². The second-order valence-electron chi connectivity index (χ2n) is 12.6. The van der Waals surface area contributed by atoms with E-state index >= 15 is 0 Å². The predicted molar refractivity (Wildman–Crippen MR) is 189 cm³/mol. The normalized spacial score (nSPS) is 22.7. The highest BCUT2D eigenvalue weighted by Crippen LogP contribution is 2.44. The molecule has 2 unspecified atom stereocenters. The number of amides is 1. The summed E-state index contributed by atoms with van der Waals surface area (Å²) >= 11 is 0. The van der Waals surface area contributed by atoms with Gasteiger partial charge in [-0.2, -0.15) is 0 Å². The van der Waals surface area contributed by atoms with Crippen LogP contribution in [-0.2, 0) is 61.8 Å². The third-order valence-electron chi connectivity index (χ3n) is 8.65. The monoisotopic (exact) mass is 751 g/mol. The molecule has 2 aliphatic heterocycles. The van der Waals surface area contributed by atoms with Gasteiger partial charge >= 0.3 is 30.0 Å². The second-order valence-corrected chi connectivity index (χ2v) is 12.6. The Morgan fingerprint density at radius 2 is 1.02 bits per heavy atom. The van der Waals surface area contributed by atoms with Gasteiger partial charge in [0.2, 0.25) is 0 Å². The first-order valence-corrected chi connectivity index (χ1v) is 17.6. The second kappa shape index (κ2) is 19.3. The van der Waals surface area contributed by atoms with Crippen molar-refractivity contribution in [1.29, 1.82) is 0 Å². The quantitative estimate of drug-likeness (QED) is 0.138. The highest BCUT2D eigenvalue weighted by molar-refractivity contribution is 5.79. The zero-order valence-corrected chi connectivity index (χ0v) is 30.6. The summed E-state index contributed by atoms with van der Waals surface area (Å²) in [5.74, 6) is -2.26. The van der Waals surface area contributed by atoms with Crippen molar-refractivity contribution < 1.29 is 66.6 Å². The fourth-order valence-electron chi connectivity index (χ4n) is 6.25. The molecule has 1 amide bonds. The van der Waals surface area contributed by atoms with Gasteiger partial charge in [0.1, 0.15) is 44.2 Å². The fraction of sp³-hybridized carbons (Fsp3) is 0.462. The molecule has 2 heterocycles. The molecule has 0 aromatic heterocycles. The predicted octanol–water partition coefficient (Wildman–Crippen LogP) is 3.82. The minimum absolute atomic E-state index is 0.00603. The van der Waals surface area contributed by atoms with E-state index in [0.717, 1.165) is 22.3 Å². The van der Waals surface area contributed by atoms with E-state index in [0.29, 0.717) is 0 Å². The summed E-state index contributed by atoms with van der Waals surface area (Å²) < 4.78 is 50.3.